The number of aromatic nitrogens is 2. The van der Waals surface area contributed by atoms with Crippen molar-refractivity contribution in [3.63, 3.8) is 0 Å². The van der Waals surface area contributed by atoms with E-state index in [9.17, 15) is 4.79 Å². The highest BCUT2D eigenvalue weighted by molar-refractivity contribution is 5.00. The summed E-state index contributed by atoms with van der Waals surface area (Å²) < 4.78 is 1.63. The van der Waals surface area contributed by atoms with Crippen LogP contribution in [0.15, 0.2) is 10.9 Å². The van der Waals surface area contributed by atoms with E-state index in [1.54, 1.807) is 10.7 Å². The van der Waals surface area contributed by atoms with Gasteiger partial charge < -0.3 is 5.73 Å². The number of hydrogen-bond donors (Lipinski definition) is 2. The van der Waals surface area contributed by atoms with E-state index in [1.165, 1.54) is 0 Å². The first kappa shape index (κ1) is 11.0. The van der Waals surface area contributed by atoms with Crippen LogP contribution in [-0.4, -0.2) is 16.3 Å². The van der Waals surface area contributed by atoms with E-state index in [2.05, 4.69) is 18.9 Å². The van der Waals surface area contributed by atoms with Crippen molar-refractivity contribution in [2.24, 2.45) is 11.7 Å². The van der Waals surface area contributed by atoms with Crippen LogP contribution in [-0.2, 0) is 13.0 Å². The SMILES string of the molecule is CC(C)Cc1cc(=O)n(CCCN)[nH]1. The molecule has 0 saturated carbocycles. The third-order valence-electron chi connectivity index (χ3n) is 2.06. The molecule has 0 aliphatic heterocycles. The summed E-state index contributed by atoms with van der Waals surface area (Å²) in [4.78, 5) is 11.4. The quantitative estimate of drug-likeness (QED) is 0.730. The molecule has 1 heterocycles. The number of nitrogens with one attached hydrogen (secondary N) is 1. The molecule has 3 N–H and O–H groups in total. The number of nitrogens with zero attached hydrogens (tertiary/aromatic N) is 1. The maximum Gasteiger partial charge on any atom is 0.266 e. The molecule has 0 aliphatic carbocycles. The predicted molar refractivity (Wildman–Crippen MR) is 57.3 cm³/mol. The molecule has 0 unspecified atom stereocenters. The summed E-state index contributed by atoms with van der Waals surface area (Å²) in [6.45, 7) is 5.57. The Bertz CT molecular complexity index is 324. The van der Waals surface area contributed by atoms with Crippen molar-refractivity contribution in [1.29, 1.82) is 0 Å². The largest absolute Gasteiger partial charge is 0.330 e. The summed E-state index contributed by atoms with van der Waals surface area (Å²) in [5.74, 6) is 0.566. The topological polar surface area (TPSA) is 63.8 Å². The Kier molecular flexibility index (Phi) is 3.95. The summed E-state index contributed by atoms with van der Waals surface area (Å²) >= 11 is 0. The Balaban J connectivity index is 2.67. The van der Waals surface area contributed by atoms with Crippen LogP contribution >= 0.6 is 0 Å². The van der Waals surface area contributed by atoms with Crippen LogP contribution in [0.4, 0.5) is 0 Å². The molecule has 0 aliphatic rings. The van der Waals surface area contributed by atoms with Crippen LogP contribution in [0, 0.1) is 5.92 Å². The maximum atomic E-state index is 11.4. The average Bonchev–Trinajstić information content (AvgIpc) is 2.41. The predicted octanol–water partition coefficient (Wildman–Crippen LogP) is 0.724. The maximum absolute atomic E-state index is 11.4. The van der Waals surface area contributed by atoms with Gasteiger partial charge in [0.1, 0.15) is 0 Å². The van der Waals surface area contributed by atoms with E-state index in [1.807, 2.05) is 0 Å². The highest BCUT2D eigenvalue weighted by atomic mass is 16.1. The Morgan fingerprint density at radius 2 is 2.29 bits per heavy atom. The van der Waals surface area contributed by atoms with E-state index >= 15 is 0 Å². The van der Waals surface area contributed by atoms with Crippen LogP contribution in [0.2, 0.25) is 0 Å². The van der Waals surface area contributed by atoms with Crippen molar-refractivity contribution in [2.75, 3.05) is 6.54 Å². The highest BCUT2D eigenvalue weighted by Crippen LogP contribution is 2.02. The second-order valence-corrected chi connectivity index (χ2v) is 4.01. The lowest BCUT2D eigenvalue weighted by atomic mass is 10.1. The molecular formula is C10H19N3O. The summed E-state index contributed by atoms with van der Waals surface area (Å²) in [5.41, 5.74) is 6.45. The number of aromatic amines is 1. The molecule has 1 aromatic heterocycles. The standard InChI is InChI=1S/C10H19N3O/c1-8(2)6-9-7-10(14)13(12-9)5-3-4-11/h7-8,12H,3-6,11H2,1-2H3. The van der Waals surface area contributed by atoms with Crippen LogP contribution in [0.3, 0.4) is 0 Å². The van der Waals surface area contributed by atoms with Gasteiger partial charge in [-0.15, -0.1) is 0 Å². The second-order valence-electron chi connectivity index (χ2n) is 4.01. The summed E-state index contributed by atoms with van der Waals surface area (Å²) in [6, 6.07) is 1.68. The number of rotatable bonds is 5. The highest BCUT2D eigenvalue weighted by Gasteiger charge is 2.03. The zero-order valence-electron chi connectivity index (χ0n) is 8.92. The molecule has 0 fully saturated rings. The molecule has 1 aromatic rings. The molecule has 4 heteroatoms. The average molecular weight is 197 g/mol. The van der Waals surface area contributed by atoms with E-state index in [-0.39, 0.29) is 5.56 Å². The second kappa shape index (κ2) is 5.00. The Morgan fingerprint density at radius 1 is 1.57 bits per heavy atom. The summed E-state index contributed by atoms with van der Waals surface area (Å²) in [5, 5.41) is 3.10. The normalized spacial score (nSPS) is 11.1. The van der Waals surface area contributed by atoms with Crippen molar-refractivity contribution in [2.45, 2.75) is 33.2 Å². The lowest BCUT2D eigenvalue weighted by Crippen LogP contribution is -2.17. The third-order valence-corrected chi connectivity index (χ3v) is 2.06. The molecule has 0 radical (unpaired) electrons. The van der Waals surface area contributed by atoms with Crippen LogP contribution in [0.25, 0.3) is 0 Å². The fraction of sp³-hybridized carbons (Fsp3) is 0.700. The smallest absolute Gasteiger partial charge is 0.266 e. The Labute approximate surface area is 84.1 Å². The number of H-pyrrole nitrogens is 1. The van der Waals surface area contributed by atoms with Crippen molar-refractivity contribution in [1.82, 2.24) is 9.78 Å². The molecule has 1 rings (SSSR count). The lowest BCUT2D eigenvalue weighted by Gasteiger charge is -2.02. The number of nitrogens with two attached hydrogens (primary N) is 1. The first-order chi connectivity index (χ1) is 6.63. The first-order valence-corrected chi connectivity index (χ1v) is 5.12. The van der Waals surface area contributed by atoms with Gasteiger partial charge in [0.2, 0.25) is 0 Å². The lowest BCUT2D eigenvalue weighted by molar-refractivity contribution is 0.551. The number of aryl methyl sites for hydroxylation is 1. The van der Waals surface area contributed by atoms with Crippen LogP contribution in [0.1, 0.15) is 26.0 Å². The van der Waals surface area contributed by atoms with Gasteiger partial charge in [-0.1, -0.05) is 13.8 Å². The zero-order valence-corrected chi connectivity index (χ0v) is 8.92. The Hall–Kier alpha value is -1.03. The monoisotopic (exact) mass is 197 g/mol. The van der Waals surface area contributed by atoms with Crippen molar-refractivity contribution in [3.8, 4) is 0 Å². The van der Waals surface area contributed by atoms with E-state index in [4.69, 9.17) is 5.73 Å². The minimum absolute atomic E-state index is 0.0501. The van der Waals surface area contributed by atoms with Crippen molar-refractivity contribution < 1.29 is 0 Å². The minimum Gasteiger partial charge on any atom is -0.330 e. The van der Waals surface area contributed by atoms with Crippen LogP contribution < -0.4 is 11.3 Å². The van der Waals surface area contributed by atoms with Crippen molar-refractivity contribution >= 4 is 0 Å². The molecule has 14 heavy (non-hydrogen) atoms. The van der Waals surface area contributed by atoms with Gasteiger partial charge in [0, 0.05) is 18.3 Å². The fourth-order valence-corrected chi connectivity index (χ4v) is 1.45. The van der Waals surface area contributed by atoms with Gasteiger partial charge in [-0.3, -0.25) is 14.6 Å². The van der Waals surface area contributed by atoms with Gasteiger partial charge in [-0.25, -0.2) is 0 Å². The molecule has 80 valence electrons. The Morgan fingerprint density at radius 3 is 2.86 bits per heavy atom. The van der Waals surface area contributed by atoms with Crippen molar-refractivity contribution in [3.05, 3.63) is 22.1 Å². The molecule has 0 bridgehead atoms. The van der Waals surface area contributed by atoms with Gasteiger partial charge in [0.05, 0.1) is 0 Å². The molecule has 0 amide bonds. The first-order valence-electron chi connectivity index (χ1n) is 5.12. The fourth-order valence-electron chi connectivity index (χ4n) is 1.45. The molecule has 0 spiro atoms. The number of hydrogen-bond acceptors (Lipinski definition) is 2. The zero-order chi connectivity index (χ0) is 10.6. The molecule has 4 nitrogen and oxygen atoms in total. The van der Waals surface area contributed by atoms with Gasteiger partial charge >= 0.3 is 0 Å². The van der Waals surface area contributed by atoms with E-state index in [0.29, 0.717) is 19.0 Å². The molecular weight excluding hydrogens is 178 g/mol. The molecule has 0 aromatic carbocycles. The minimum atomic E-state index is 0.0501. The van der Waals surface area contributed by atoms with Gasteiger partial charge in [-0.2, -0.15) is 0 Å². The van der Waals surface area contributed by atoms with Crippen LogP contribution in [0.5, 0.6) is 0 Å². The summed E-state index contributed by atoms with van der Waals surface area (Å²) in [7, 11) is 0. The van der Waals surface area contributed by atoms with E-state index in [0.717, 1.165) is 18.5 Å². The summed E-state index contributed by atoms with van der Waals surface area (Å²) in [6.07, 6.45) is 1.76. The van der Waals surface area contributed by atoms with E-state index < -0.39 is 0 Å². The molecule has 0 saturated heterocycles. The third kappa shape index (κ3) is 3.03. The van der Waals surface area contributed by atoms with Gasteiger partial charge in [0.25, 0.3) is 5.56 Å². The van der Waals surface area contributed by atoms with Gasteiger partial charge in [-0.05, 0) is 25.3 Å². The molecule has 0 atom stereocenters. The van der Waals surface area contributed by atoms with Gasteiger partial charge in [0.15, 0.2) is 0 Å².